The lowest BCUT2D eigenvalue weighted by atomic mass is 10.3. The van der Waals surface area contributed by atoms with Gasteiger partial charge in [-0.05, 0) is 37.1 Å². The average Bonchev–Trinajstić information content (AvgIpc) is 2.27. The summed E-state index contributed by atoms with van der Waals surface area (Å²) in [4.78, 5) is 2.42. The second kappa shape index (κ2) is 6.47. The quantitative estimate of drug-likeness (QED) is 0.626. The topological polar surface area (TPSA) is 0 Å². The van der Waals surface area contributed by atoms with Crippen LogP contribution in [0.2, 0.25) is 5.02 Å². The smallest absolute Gasteiger partial charge is 0.0406 e. The Labute approximate surface area is 106 Å². The number of benzene rings is 1. The van der Waals surface area contributed by atoms with Crippen molar-refractivity contribution in [3.63, 3.8) is 0 Å². The number of thioether (sulfide) groups is 1. The van der Waals surface area contributed by atoms with Gasteiger partial charge in [-0.15, -0.1) is 0 Å². The predicted octanol–water partition coefficient (Wildman–Crippen LogP) is 5.70. The van der Waals surface area contributed by atoms with Gasteiger partial charge in [0.05, 0.1) is 0 Å². The van der Waals surface area contributed by atoms with E-state index >= 15 is 0 Å². The lowest BCUT2D eigenvalue weighted by Crippen LogP contribution is -1.80. The summed E-state index contributed by atoms with van der Waals surface area (Å²) in [6.07, 6.45) is 1.87. The van der Waals surface area contributed by atoms with Crippen LogP contribution in [0.3, 0.4) is 0 Å². The van der Waals surface area contributed by atoms with Gasteiger partial charge in [0.25, 0.3) is 0 Å². The lowest BCUT2D eigenvalue weighted by Gasteiger charge is -2.07. The highest BCUT2D eigenvalue weighted by Crippen LogP contribution is 2.34. The first-order chi connectivity index (χ1) is 7.17. The van der Waals surface area contributed by atoms with Crippen molar-refractivity contribution in [1.29, 1.82) is 0 Å². The molecule has 0 fully saturated rings. The molecule has 0 radical (unpaired) electrons. The molecule has 0 heterocycles. The van der Waals surface area contributed by atoms with Gasteiger partial charge >= 0.3 is 0 Å². The van der Waals surface area contributed by atoms with Crippen LogP contribution in [-0.4, -0.2) is 0 Å². The van der Waals surface area contributed by atoms with Gasteiger partial charge in [0.2, 0.25) is 0 Å². The summed E-state index contributed by atoms with van der Waals surface area (Å²) in [5.74, 6) is 0. The summed E-state index contributed by atoms with van der Waals surface area (Å²) in [6.45, 7) is 4.19. The van der Waals surface area contributed by atoms with Gasteiger partial charge in [-0.3, -0.25) is 0 Å². The zero-order valence-electron chi connectivity index (χ0n) is 8.89. The van der Waals surface area contributed by atoms with Gasteiger partial charge in [-0.25, -0.2) is 0 Å². The molecular weight excluding hydrogens is 247 g/mol. The number of allylic oxidation sites excluding steroid dienone is 2. The van der Waals surface area contributed by atoms with E-state index in [1.54, 1.807) is 11.8 Å². The fourth-order valence-electron chi connectivity index (χ4n) is 1.16. The number of hydrogen-bond acceptors (Lipinski definition) is 1. The van der Waals surface area contributed by atoms with E-state index in [0.29, 0.717) is 0 Å². The van der Waals surface area contributed by atoms with Crippen LogP contribution in [0.15, 0.2) is 39.1 Å². The van der Waals surface area contributed by atoms with Gasteiger partial charge in [-0.2, -0.15) is 0 Å². The van der Waals surface area contributed by atoms with Crippen LogP contribution in [0.25, 0.3) is 0 Å². The summed E-state index contributed by atoms with van der Waals surface area (Å²) in [5.41, 5.74) is 0. The molecule has 1 aromatic rings. The minimum Gasteiger partial charge on any atom is -0.0934 e. The van der Waals surface area contributed by atoms with E-state index < -0.39 is 0 Å². The first-order valence-corrected chi connectivity index (χ1v) is 6.55. The SMILES string of the molecule is CC/C(Cl)=C(/CC)Sc1ccc(Cl)cc1. The van der Waals surface area contributed by atoms with E-state index in [2.05, 4.69) is 13.8 Å². The monoisotopic (exact) mass is 260 g/mol. The number of halogens is 2. The summed E-state index contributed by atoms with van der Waals surface area (Å²) >= 11 is 13.7. The molecule has 15 heavy (non-hydrogen) atoms. The van der Waals surface area contributed by atoms with E-state index in [0.717, 1.165) is 22.9 Å². The molecular formula is C12H14Cl2S. The third kappa shape index (κ3) is 4.10. The molecule has 1 aromatic carbocycles. The maximum atomic E-state index is 6.15. The minimum absolute atomic E-state index is 0.767. The minimum atomic E-state index is 0.767. The molecule has 0 aliphatic rings. The average molecular weight is 261 g/mol. The molecule has 1 rings (SSSR count). The molecule has 3 heteroatoms. The molecule has 0 aliphatic carbocycles. The van der Waals surface area contributed by atoms with Crippen LogP contribution in [0, 0.1) is 0 Å². The molecule has 0 unspecified atom stereocenters. The molecule has 0 amide bonds. The molecule has 0 bridgehead atoms. The Balaban J connectivity index is 2.80. The zero-order chi connectivity index (χ0) is 11.3. The molecule has 0 saturated heterocycles. The highest BCUT2D eigenvalue weighted by Gasteiger charge is 2.03. The maximum Gasteiger partial charge on any atom is 0.0406 e. The molecule has 0 nitrogen and oxygen atoms in total. The Morgan fingerprint density at radius 2 is 1.73 bits per heavy atom. The Bertz CT molecular complexity index is 341. The second-order valence-corrected chi connectivity index (χ2v) is 5.15. The van der Waals surface area contributed by atoms with Crippen LogP contribution in [-0.2, 0) is 0 Å². The van der Waals surface area contributed by atoms with Crippen molar-refractivity contribution >= 4 is 35.0 Å². The fourth-order valence-corrected chi connectivity index (χ4v) is 2.49. The second-order valence-electron chi connectivity index (χ2n) is 3.09. The third-order valence-corrected chi connectivity index (χ3v) is 4.14. The summed E-state index contributed by atoms with van der Waals surface area (Å²) in [6, 6.07) is 7.83. The van der Waals surface area contributed by atoms with Gasteiger partial charge in [0, 0.05) is 19.9 Å². The Morgan fingerprint density at radius 3 is 2.20 bits per heavy atom. The highest BCUT2D eigenvalue weighted by atomic mass is 35.5. The van der Waals surface area contributed by atoms with Crippen molar-refractivity contribution in [1.82, 2.24) is 0 Å². The van der Waals surface area contributed by atoms with Crippen LogP contribution in [0.1, 0.15) is 26.7 Å². The van der Waals surface area contributed by atoms with E-state index in [1.165, 1.54) is 9.80 Å². The molecule has 0 spiro atoms. The lowest BCUT2D eigenvalue weighted by molar-refractivity contribution is 1.11. The first-order valence-electron chi connectivity index (χ1n) is 4.98. The van der Waals surface area contributed by atoms with E-state index in [-0.39, 0.29) is 0 Å². The van der Waals surface area contributed by atoms with Crippen LogP contribution < -0.4 is 0 Å². The van der Waals surface area contributed by atoms with Crippen molar-refractivity contribution in [2.24, 2.45) is 0 Å². The highest BCUT2D eigenvalue weighted by molar-refractivity contribution is 8.03. The van der Waals surface area contributed by atoms with Crippen LogP contribution in [0.5, 0.6) is 0 Å². The third-order valence-electron chi connectivity index (χ3n) is 1.99. The molecule has 0 aliphatic heterocycles. The zero-order valence-corrected chi connectivity index (χ0v) is 11.2. The van der Waals surface area contributed by atoms with Gasteiger partial charge in [-0.1, -0.05) is 48.8 Å². The van der Waals surface area contributed by atoms with Gasteiger partial charge < -0.3 is 0 Å². The van der Waals surface area contributed by atoms with Gasteiger partial charge in [0.15, 0.2) is 0 Å². The van der Waals surface area contributed by atoms with Crippen molar-refractivity contribution in [2.45, 2.75) is 31.6 Å². The molecule has 0 aromatic heterocycles. The van der Waals surface area contributed by atoms with Crippen molar-refractivity contribution in [3.8, 4) is 0 Å². The normalized spacial score (nSPS) is 12.5. The Morgan fingerprint density at radius 1 is 1.13 bits per heavy atom. The molecule has 0 saturated carbocycles. The predicted molar refractivity (Wildman–Crippen MR) is 70.8 cm³/mol. The summed E-state index contributed by atoms with van der Waals surface area (Å²) in [5, 5.41) is 1.72. The van der Waals surface area contributed by atoms with E-state index in [4.69, 9.17) is 23.2 Å². The maximum absolute atomic E-state index is 6.15. The van der Waals surface area contributed by atoms with Crippen LogP contribution >= 0.6 is 35.0 Å². The Kier molecular flexibility index (Phi) is 5.59. The van der Waals surface area contributed by atoms with Crippen molar-refractivity contribution in [3.05, 3.63) is 39.2 Å². The largest absolute Gasteiger partial charge is 0.0934 e. The molecule has 82 valence electrons. The van der Waals surface area contributed by atoms with Crippen LogP contribution in [0.4, 0.5) is 0 Å². The van der Waals surface area contributed by atoms with Crippen molar-refractivity contribution in [2.75, 3.05) is 0 Å². The van der Waals surface area contributed by atoms with E-state index in [1.807, 2.05) is 24.3 Å². The van der Waals surface area contributed by atoms with Crippen molar-refractivity contribution < 1.29 is 0 Å². The summed E-state index contributed by atoms with van der Waals surface area (Å²) in [7, 11) is 0. The van der Waals surface area contributed by atoms with Gasteiger partial charge in [0.1, 0.15) is 0 Å². The number of hydrogen-bond donors (Lipinski definition) is 0. The molecule has 0 atom stereocenters. The summed E-state index contributed by atoms with van der Waals surface area (Å²) < 4.78 is 0. The molecule has 0 N–H and O–H groups in total. The Hall–Kier alpha value is -0.110. The standard InChI is InChI=1S/C12H14Cl2S/c1-3-11(14)12(4-2)15-10-7-5-9(13)6-8-10/h5-8H,3-4H2,1-2H3/b12-11+. The van der Waals surface area contributed by atoms with E-state index in [9.17, 15) is 0 Å². The first kappa shape index (κ1) is 13.0. The fraction of sp³-hybridized carbons (Fsp3) is 0.333. The number of rotatable bonds is 4.